The molecule has 0 saturated heterocycles. The lowest BCUT2D eigenvalue weighted by Gasteiger charge is -2.22. The fourth-order valence-corrected chi connectivity index (χ4v) is 2.86. The molecule has 0 atom stereocenters. The molecule has 0 heterocycles. The van der Waals surface area contributed by atoms with Gasteiger partial charge in [-0.1, -0.05) is 36.4 Å². The van der Waals surface area contributed by atoms with E-state index in [4.69, 9.17) is 4.74 Å². The van der Waals surface area contributed by atoms with Crippen molar-refractivity contribution in [3.63, 3.8) is 0 Å². The fraction of sp³-hybridized carbons (Fsp3) is 0.130. The molecule has 3 aromatic rings. The molecule has 0 aliphatic heterocycles. The molecule has 154 valence electrons. The van der Waals surface area contributed by atoms with E-state index in [9.17, 15) is 18.4 Å². The summed E-state index contributed by atoms with van der Waals surface area (Å²) in [6, 6.07) is 17.7. The smallest absolute Gasteiger partial charge is 0.256 e. The van der Waals surface area contributed by atoms with Crippen molar-refractivity contribution in [2.45, 2.75) is 13.1 Å². The molecule has 3 rings (SSSR count). The van der Waals surface area contributed by atoms with Gasteiger partial charge in [0.1, 0.15) is 23.5 Å². The van der Waals surface area contributed by atoms with Crippen molar-refractivity contribution in [2.75, 3.05) is 6.61 Å². The van der Waals surface area contributed by atoms with Gasteiger partial charge in [0.15, 0.2) is 0 Å². The predicted octanol–water partition coefficient (Wildman–Crippen LogP) is 4.22. The Morgan fingerprint density at radius 1 is 0.833 bits per heavy atom. The number of ether oxygens (including phenoxy) is 1. The Kier molecular flexibility index (Phi) is 6.75. The second-order valence-electron chi connectivity index (χ2n) is 6.35. The molecule has 30 heavy (non-hydrogen) atoms. The number of hydrogen-bond acceptors (Lipinski definition) is 3. The maximum absolute atomic E-state index is 14.0. The Morgan fingerprint density at radius 2 is 1.37 bits per heavy atom. The van der Waals surface area contributed by atoms with E-state index < -0.39 is 29.6 Å². The van der Waals surface area contributed by atoms with Crippen molar-refractivity contribution in [3.8, 4) is 5.75 Å². The van der Waals surface area contributed by atoms with Crippen LogP contribution in [0.1, 0.15) is 39.4 Å². The number of nitrogens with one attached hydrogen (secondary N) is 2. The first-order valence-electron chi connectivity index (χ1n) is 9.33. The van der Waals surface area contributed by atoms with E-state index in [1.165, 1.54) is 36.4 Å². The average Bonchev–Trinajstić information content (AvgIpc) is 2.74. The van der Waals surface area contributed by atoms with Gasteiger partial charge in [0.25, 0.3) is 11.8 Å². The topological polar surface area (TPSA) is 67.4 Å². The number of halogens is 2. The molecule has 2 N–H and O–H groups in total. The molecule has 0 spiro atoms. The molecular formula is C23H20F2N2O3. The molecule has 0 bridgehead atoms. The van der Waals surface area contributed by atoms with Crippen LogP contribution < -0.4 is 15.4 Å². The molecule has 0 aliphatic rings. The number of amides is 2. The van der Waals surface area contributed by atoms with Crippen LogP contribution in [-0.4, -0.2) is 18.4 Å². The SMILES string of the molecule is CCOc1cccc(C(NC(=O)c2ccccc2F)NC(=O)c2ccccc2F)c1. The third-order valence-electron chi connectivity index (χ3n) is 4.29. The first kappa shape index (κ1) is 21.0. The highest BCUT2D eigenvalue weighted by Gasteiger charge is 2.22. The molecule has 0 radical (unpaired) electrons. The lowest BCUT2D eigenvalue weighted by molar-refractivity contribution is 0.0879. The zero-order valence-electron chi connectivity index (χ0n) is 16.2. The Morgan fingerprint density at radius 3 is 1.87 bits per heavy atom. The summed E-state index contributed by atoms with van der Waals surface area (Å²) in [4.78, 5) is 25.3. The first-order chi connectivity index (χ1) is 14.5. The highest BCUT2D eigenvalue weighted by atomic mass is 19.1. The van der Waals surface area contributed by atoms with E-state index in [0.29, 0.717) is 17.9 Å². The van der Waals surface area contributed by atoms with Crippen LogP contribution in [0.3, 0.4) is 0 Å². The van der Waals surface area contributed by atoms with Gasteiger partial charge in [-0.25, -0.2) is 8.78 Å². The quantitative estimate of drug-likeness (QED) is 0.573. The minimum absolute atomic E-state index is 0.177. The lowest BCUT2D eigenvalue weighted by atomic mass is 10.1. The van der Waals surface area contributed by atoms with Crippen LogP contribution in [0.15, 0.2) is 72.8 Å². The lowest BCUT2D eigenvalue weighted by Crippen LogP contribution is -2.41. The minimum Gasteiger partial charge on any atom is -0.494 e. The predicted molar refractivity (Wildman–Crippen MR) is 108 cm³/mol. The van der Waals surface area contributed by atoms with Gasteiger partial charge in [0.2, 0.25) is 0 Å². The van der Waals surface area contributed by atoms with Gasteiger partial charge >= 0.3 is 0 Å². The summed E-state index contributed by atoms with van der Waals surface area (Å²) >= 11 is 0. The largest absolute Gasteiger partial charge is 0.494 e. The molecule has 0 aromatic heterocycles. The number of carbonyl (C=O) groups excluding carboxylic acids is 2. The van der Waals surface area contributed by atoms with Crippen LogP contribution in [0, 0.1) is 11.6 Å². The van der Waals surface area contributed by atoms with E-state index in [0.717, 1.165) is 12.1 Å². The molecule has 0 saturated carbocycles. The molecule has 7 heteroatoms. The Hall–Kier alpha value is -3.74. The van der Waals surface area contributed by atoms with Gasteiger partial charge in [-0.3, -0.25) is 9.59 Å². The third kappa shape index (κ3) is 5.00. The van der Waals surface area contributed by atoms with Crippen LogP contribution in [0.25, 0.3) is 0 Å². The first-order valence-corrected chi connectivity index (χ1v) is 9.33. The van der Waals surface area contributed by atoms with E-state index in [2.05, 4.69) is 10.6 Å². The van der Waals surface area contributed by atoms with Crippen molar-refractivity contribution in [1.29, 1.82) is 0 Å². The summed E-state index contributed by atoms with van der Waals surface area (Å²) in [6.45, 7) is 2.25. The van der Waals surface area contributed by atoms with Crippen LogP contribution >= 0.6 is 0 Å². The molecular weight excluding hydrogens is 390 g/mol. The Balaban J connectivity index is 1.91. The summed E-state index contributed by atoms with van der Waals surface area (Å²) in [5.74, 6) is -2.32. The monoisotopic (exact) mass is 410 g/mol. The highest BCUT2D eigenvalue weighted by molar-refractivity contribution is 5.97. The van der Waals surface area contributed by atoms with Gasteiger partial charge in [-0.2, -0.15) is 0 Å². The molecule has 0 aliphatic carbocycles. The van der Waals surface area contributed by atoms with Crippen LogP contribution in [0.4, 0.5) is 8.78 Å². The summed E-state index contributed by atoms with van der Waals surface area (Å²) in [5.41, 5.74) is 0.127. The molecule has 5 nitrogen and oxygen atoms in total. The van der Waals surface area contributed by atoms with Gasteiger partial charge in [-0.15, -0.1) is 0 Å². The maximum atomic E-state index is 14.0. The second-order valence-corrected chi connectivity index (χ2v) is 6.35. The summed E-state index contributed by atoms with van der Waals surface area (Å²) in [5, 5.41) is 5.18. The Labute approximate surface area is 172 Å². The fourth-order valence-electron chi connectivity index (χ4n) is 2.86. The third-order valence-corrected chi connectivity index (χ3v) is 4.29. The maximum Gasteiger partial charge on any atom is 0.256 e. The van der Waals surface area contributed by atoms with E-state index in [1.54, 1.807) is 24.3 Å². The number of carbonyl (C=O) groups is 2. The zero-order valence-corrected chi connectivity index (χ0v) is 16.2. The molecule has 2 amide bonds. The summed E-state index contributed by atoms with van der Waals surface area (Å²) in [6.07, 6.45) is -1.05. The van der Waals surface area contributed by atoms with E-state index >= 15 is 0 Å². The van der Waals surface area contributed by atoms with Crippen molar-refractivity contribution in [2.24, 2.45) is 0 Å². The van der Waals surface area contributed by atoms with Crippen molar-refractivity contribution >= 4 is 11.8 Å². The summed E-state index contributed by atoms with van der Waals surface area (Å²) in [7, 11) is 0. The van der Waals surface area contributed by atoms with E-state index in [-0.39, 0.29) is 11.1 Å². The number of hydrogen-bond donors (Lipinski definition) is 2. The van der Waals surface area contributed by atoms with Crippen molar-refractivity contribution in [3.05, 3.63) is 101 Å². The number of benzene rings is 3. The molecule has 0 unspecified atom stereocenters. The van der Waals surface area contributed by atoms with Gasteiger partial charge in [0.05, 0.1) is 17.7 Å². The second kappa shape index (κ2) is 9.65. The van der Waals surface area contributed by atoms with Gasteiger partial charge in [-0.05, 0) is 48.9 Å². The molecule has 3 aromatic carbocycles. The summed E-state index contributed by atoms with van der Waals surface area (Å²) < 4.78 is 33.5. The van der Waals surface area contributed by atoms with Crippen LogP contribution in [0.5, 0.6) is 5.75 Å². The normalized spacial score (nSPS) is 10.5. The molecule has 0 fully saturated rings. The number of rotatable bonds is 7. The van der Waals surface area contributed by atoms with Crippen LogP contribution in [0.2, 0.25) is 0 Å². The zero-order chi connectivity index (χ0) is 21.5. The standard InChI is InChI=1S/C23H20F2N2O3/c1-2-30-16-9-7-8-15(14-16)21(26-22(28)17-10-3-5-12-19(17)24)27-23(29)18-11-4-6-13-20(18)25/h3-14,21H,2H2,1H3,(H,26,28)(H,27,29). The van der Waals surface area contributed by atoms with Crippen molar-refractivity contribution < 1.29 is 23.1 Å². The van der Waals surface area contributed by atoms with E-state index in [1.807, 2.05) is 6.92 Å². The van der Waals surface area contributed by atoms with Crippen LogP contribution in [-0.2, 0) is 0 Å². The average molecular weight is 410 g/mol. The van der Waals surface area contributed by atoms with Gasteiger partial charge < -0.3 is 15.4 Å². The van der Waals surface area contributed by atoms with Gasteiger partial charge in [0, 0.05) is 0 Å². The van der Waals surface area contributed by atoms with Crippen molar-refractivity contribution in [1.82, 2.24) is 10.6 Å². The minimum atomic E-state index is -1.05. The Bertz CT molecular complexity index is 996. The highest BCUT2D eigenvalue weighted by Crippen LogP contribution is 2.20.